The number of nitrogens with zero attached hydrogens (tertiary/aromatic N) is 2. The molecule has 1 aromatic heterocycles. The third-order valence-electron chi connectivity index (χ3n) is 6.49. The minimum absolute atomic E-state index is 0.00427. The lowest BCUT2D eigenvalue weighted by atomic mass is 9.87. The van der Waals surface area contributed by atoms with E-state index < -0.39 is 5.41 Å². The molecule has 6 heteroatoms. The molecule has 0 spiro atoms. The number of amides is 1. The van der Waals surface area contributed by atoms with Crippen molar-refractivity contribution in [3.63, 3.8) is 0 Å². The molecule has 1 saturated heterocycles. The van der Waals surface area contributed by atoms with Gasteiger partial charge >= 0.3 is 0 Å². The van der Waals surface area contributed by atoms with Gasteiger partial charge in [0.1, 0.15) is 5.82 Å². The van der Waals surface area contributed by atoms with Crippen molar-refractivity contribution >= 4 is 11.7 Å². The minimum atomic E-state index is -0.440. The van der Waals surface area contributed by atoms with Crippen LogP contribution in [0.1, 0.15) is 23.1 Å². The molecule has 2 aliphatic heterocycles. The molecule has 2 fully saturated rings. The van der Waals surface area contributed by atoms with Gasteiger partial charge in [-0.25, -0.2) is 4.98 Å². The molecule has 150 valence electrons. The fourth-order valence-electron chi connectivity index (χ4n) is 4.76. The van der Waals surface area contributed by atoms with Gasteiger partial charge in [-0.2, -0.15) is 0 Å². The predicted molar refractivity (Wildman–Crippen MR) is 110 cm³/mol. The Labute approximate surface area is 173 Å². The van der Waals surface area contributed by atoms with Crippen LogP contribution in [0.4, 0.5) is 5.82 Å². The average Bonchev–Trinajstić information content (AvgIpc) is 3.20. The van der Waals surface area contributed by atoms with Crippen LogP contribution < -0.4 is 14.4 Å². The van der Waals surface area contributed by atoms with E-state index in [4.69, 9.17) is 9.47 Å². The van der Waals surface area contributed by atoms with Gasteiger partial charge in [0.15, 0.2) is 11.5 Å². The van der Waals surface area contributed by atoms with E-state index in [9.17, 15) is 9.90 Å². The van der Waals surface area contributed by atoms with Crippen molar-refractivity contribution in [2.24, 2.45) is 0 Å². The summed E-state index contributed by atoms with van der Waals surface area (Å²) < 4.78 is 10.9. The topological polar surface area (TPSA) is 71.9 Å². The van der Waals surface area contributed by atoms with Gasteiger partial charge < -0.3 is 14.6 Å². The molecule has 1 N–H and O–H groups in total. The number of benzene rings is 2. The zero-order chi connectivity index (χ0) is 20.5. The number of aliphatic hydroxyl groups is 1. The Kier molecular flexibility index (Phi) is 3.53. The second kappa shape index (κ2) is 6.06. The summed E-state index contributed by atoms with van der Waals surface area (Å²) in [6, 6.07) is 15.7. The van der Waals surface area contributed by atoms with Crippen molar-refractivity contribution in [1.82, 2.24) is 4.98 Å². The van der Waals surface area contributed by atoms with E-state index in [1.807, 2.05) is 66.6 Å². The molecule has 0 bridgehead atoms. The van der Waals surface area contributed by atoms with Crippen LogP contribution in [0.5, 0.6) is 11.5 Å². The Balaban J connectivity index is 1.28. The van der Waals surface area contributed by atoms with E-state index >= 15 is 0 Å². The normalized spacial score (nSPS) is 23.2. The molecule has 3 aromatic rings. The number of β-lactam (4-membered cyclic amide) rings is 1. The maximum Gasteiger partial charge on any atom is 0.241 e. The summed E-state index contributed by atoms with van der Waals surface area (Å²) in [5.41, 5.74) is 4.47. The Morgan fingerprint density at radius 3 is 2.83 bits per heavy atom. The lowest BCUT2D eigenvalue weighted by molar-refractivity contribution is -0.124. The highest BCUT2D eigenvalue weighted by Gasteiger charge is 2.75. The van der Waals surface area contributed by atoms with Crippen LogP contribution in [0.2, 0.25) is 0 Å². The van der Waals surface area contributed by atoms with Crippen LogP contribution in [-0.4, -0.2) is 28.8 Å². The standard InChI is InChI=1S/C24H20N2O4/c1-14-7-22(25-11-18(14)16-4-2-3-15(8-16)12-27)26-21-10-24(21,23(26)28)17-5-6-19-20(9-17)30-13-29-19/h2-9,11,21,27H,10,12-13H2,1H3. The van der Waals surface area contributed by atoms with E-state index in [0.717, 1.165) is 40.0 Å². The SMILES string of the molecule is Cc1cc(N2C(=O)C3(c4ccc5c(c4)OCO5)CC23)ncc1-c1cccc(CO)c1. The maximum atomic E-state index is 13.2. The first-order chi connectivity index (χ1) is 14.6. The third-order valence-corrected chi connectivity index (χ3v) is 6.49. The molecule has 0 radical (unpaired) electrons. The van der Waals surface area contributed by atoms with Crippen LogP contribution in [0, 0.1) is 6.92 Å². The Morgan fingerprint density at radius 2 is 2.03 bits per heavy atom. The number of pyridine rings is 1. The maximum absolute atomic E-state index is 13.2. The molecule has 3 heterocycles. The smallest absolute Gasteiger partial charge is 0.241 e. The van der Waals surface area contributed by atoms with Crippen LogP contribution in [0.3, 0.4) is 0 Å². The fraction of sp³-hybridized carbons (Fsp3) is 0.250. The van der Waals surface area contributed by atoms with Crippen molar-refractivity contribution < 1.29 is 19.4 Å². The minimum Gasteiger partial charge on any atom is -0.454 e. The van der Waals surface area contributed by atoms with Gasteiger partial charge in [0.25, 0.3) is 0 Å². The number of carbonyl (C=O) groups excluding carboxylic acids is 1. The summed E-state index contributed by atoms with van der Waals surface area (Å²) in [5.74, 6) is 2.23. The first kappa shape index (κ1) is 17.5. The van der Waals surface area contributed by atoms with E-state index in [0.29, 0.717) is 11.6 Å². The first-order valence-corrected chi connectivity index (χ1v) is 10.0. The molecule has 30 heavy (non-hydrogen) atoms. The van der Waals surface area contributed by atoms with Gasteiger partial charge in [-0.3, -0.25) is 9.69 Å². The fourth-order valence-corrected chi connectivity index (χ4v) is 4.76. The summed E-state index contributed by atoms with van der Waals surface area (Å²) in [6.07, 6.45) is 2.61. The Bertz CT molecular complexity index is 1210. The van der Waals surface area contributed by atoms with Crippen LogP contribution in [0.15, 0.2) is 54.7 Å². The number of hydrogen-bond acceptors (Lipinski definition) is 5. The third kappa shape index (κ3) is 2.28. The summed E-state index contributed by atoms with van der Waals surface area (Å²) in [5, 5.41) is 9.39. The van der Waals surface area contributed by atoms with Crippen molar-refractivity contribution in [2.75, 3.05) is 11.7 Å². The van der Waals surface area contributed by atoms with Gasteiger partial charge in [0.2, 0.25) is 12.7 Å². The predicted octanol–water partition coefficient (Wildman–Crippen LogP) is 3.33. The number of fused-ring (bicyclic) bond motifs is 2. The lowest BCUT2D eigenvalue weighted by Crippen LogP contribution is -2.55. The highest BCUT2D eigenvalue weighted by atomic mass is 16.7. The first-order valence-electron chi connectivity index (χ1n) is 10.0. The van der Waals surface area contributed by atoms with Gasteiger partial charge in [0, 0.05) is 11.8 Å². The summed E-state index contributed by atoms with van der Waals surface area (Å²) in [6.45, 7) is 2.25. The largest absolute Gasteiger partial charge is 0.454 e. The molecule has 1 saturated carbocycles. The number of anilines is 1. The van der Waals surface area contributed by atoms with Crippen molar-refractivity contribution in [3.8, 4) is 22.6 Å². The molecule has 1 aliphatic carbocycles. The highest BCUT2D eigenvalue weighted by molar-refractivity contribution is 6.14. The van der Waals surface area contributed by atoms with Gasteiger partial charge in [-0.05, 0) is 59.9 Å². The Morgan fingerprint density at radius 1 is 1.17 bits per heavy atom. The zero-order valence-corrected chi connectivity index (χ0v) is 16.5. The van der Waals surface area contributed by atoms with Gasteiger partial charge in [-0.1, -0.05) is 24.3 Å². The van der Waals surface area contributed by atoms with E-state index in [1.54, 1.807) is 0 Å². The number of hydrogen-bond donors (Lipinski definition) is 1. The lowest BCUT2D eigenvalue weighted by Gasteiger charge is -2.37. The van der Waals surface area contributed by atoms with E-state index in [2.05, 4.69) is 4.98 Å². The summed E-state index contributed by atoms with van der Waals surface area (Å²) >= 11 is 0. The molecule has 6 nitrogen and oxygen atoms in total. The number of aliphatic hydroxyl groups excluding tert-OH is 1. The molecule has 2 atom stereocenters. The van der Waals surface area contributed by atoms with Crippen LogP contribution in [-0.2, 0) is 16.8 Å². The number of rotatable bonds is 4. The Hall–Kier alpha value is -3.38. The van der Waals surface area contributed by atoms with E-state index in [-0.39, 0.29) is 25.3 Å². The molecule has 1 amide bonds. The van der Waals surface area contributed by atoms with Crippen molar-refractivity contribution in [2.45, 2.75) is 31.4 Å². The van der Waals surface area contributed by atoms with Crippen molar-refractivity contribution in [3.05, 3.63) is 71.4 Å². The van der Waals surface area contributed by atoms with Crippen molar-refractivity contribution in [1.29, 1.82) is 0 Å². The average molecular weight is 400 g/mol. The molecular formula is C24H20N2O4. The molecule has 6 rings (SSSR count). The molecule has 3 aliphatic rings. The number of carbonyl (C=O) groups is 1. The van der Waals surface area contributed by atoms with Gasteiger partial charge in [0.05, 0.1) is 18.1 Å². The number of aromatic nitrogens is 1. The molecular weight excluding hydrogens is 380 g/mol. The quantitative estimate of drug-likeness (QED) is 0.680. The monoisotopic (exact) mass is 400 g/mol. The van der Waals surface area contributed by atoms with Crippen LogP contribution >= 0.6 is 0 Å². The van der Waals surface area contributed by atoms with Gasteiger partial charge in [-0.15, -0.1) is 0 Å². The van der Waals surface area contributed by atoms with Crippen LogP contribution in [0.25, 0.3) is 11.1 Å². The highest BCUT2D eigenvalue weighted by Crippen LogP contribution is 2.62. The molecule has 2 aromatic carbocycles. The summed E-state index contributed by atoms with van der Waals surface area (Å²) in [4.78, 5) is 19.6. The second-order valence-corrected chi connectivity index (χ2v) is 8.15. The number of aryl methyl sites for hydroxylation is 1. The molecule has 2 unspecified atom stereocenters. The summed E-state index contributed by atoms with van der Waals surface area (Å²) in [7, 11) is 0. The number of ether oxygens (including phenoxy) is 2. The second-order valence-electron chi connectivity index (χ2n) is 8.15. The zero-order valence-electron chi connectivity index (χ0n) is 16.5. The van der Waals surface area contributed by atoms with E-state index in [1.165, 1.54) is 0 Å².